The molecule has 0 N–H and O–H groups in total. The lowest BCUT2D eigenvalue weighted by Gasteiger charge is -2.57. The second-order valence-electron chi connectivity index (χ2n) is 13.7. The highest BCUT2D eigenvalue weighted by atomic mass is 16.5. The summed E-state index contributed by atoms with van der Waals surface area (Å²) in [5.74, 6) is 3.13. The average Bonchev–Trinajstić information content (AvgIpc) is 3.67. The summed E-state index contributed by atoms with van der Waals surface area (Å²) >= 11 is 0. The Balaban J connectivity index is 1.14. The molecule has 0 radical (unpaired) electrons. The Kier molecular flexibility index (Phi) is 7.31. The molecule has 4 aliphatic carbocycles. The van der Waals surface area contributed by atoms with Gasteiger partial charge in [-0.05, 0) is 135 Å². The summed E-state index contributed by atoms with van der Waals surface area (Å²) in [6, 6.07) is 4.32. The minimum Gasteiger partial charge on any atom is -0.434 e. The first-order valence-corrected chi connectivity index (χ1v) is 15.7. The van der Waals surface area contributed by atoms with E-state index in [2.05, 4.69) is 55.1 Å². The van der Waals surface area contributed by atoms with Crippen molar-refractivity contribution < 1.29 is 9.53 Å². The molecule has 4 heteroatoms. The number of hydrogen-bond acceptors (Lipinski definition) is 4. The fourth-order valence-electron chi connectivity index (χ4n) is 9.17. The molecule has 3 saturated carbocycles. The minimum atomic E-state index is 0.0156. The molecule has 206 valence electrons. The molecule has 6 rings (SSSR count). The molecule has 1 aromatic rings. The Morgan fingerprint density at radius 2 is 1.95 bits per heavy atom. The van der Waals surface area contributed by atoms with Crippen LogP contribution in [0.1, 0.15) is 97.0 Å². The number of fused-ring (bicyclic) bond motifs is 3. The van der Waals surface area contributed by atoms with E-state index in [0.29, 0.717) is 11.8 Å². The quantitative estimate of drug-likeness (QED) is 0.275. The molecular weight excluding hydrogens is 468 g/mol. The van der Waals surface area contributed by atoms with Crippen LogP contribution in [0.2, 0.25) is 0 Å². The smallest absolute Gasteiger partial charge is 0.313 e. The maximum absolute atomic E-state index is 13.1. The predicted molar refractivity (Wildman–Crippen MR) is 153 cm³/mol. The van der Waals surface area contributed by atoms with Crippen LogP contribution in [-0.2, 0) is 9.53 Å². The molecule has 1 aliphatic heterocycles. The number of piperidine rings is 1. The van der Waals surface area contributed by atoms with Crippen LogP contribution in [0.4, 0.5) is 0 Å². The lowest BCUT2D eigenvalue weighted by atomic mass is 9.47. The molecule has 5 aliphatic rings. The van der Waals surface area contributed by atoms with Gasteiger partial charge in [0.15, 0.2) is 0 Å². The fraction of sp³-hybridized carbons (Fsp3) is 0.706. The number of carbonyl (C=O) groups is 1. The summed E-state index contributed by atoms with van der Waals surface area (Å²) in [7, 11) is 0. The van der Waals surface area contributed by atoms with Crippen LogP contribution in [0, 0.1) is 40.4 Å². The average molecular weight is 517 g/mol. The molecular formula is C34H48N2O2. The van der Waals surface area contributed by atoms with Crippen molar-refractivity contribution in [2.45, 2.75) is 91.4 Å². The Morgan fingerprint density at radius 1 is 1.13 bits per heavy atom. The summed E-state index contributed by atoms with van der Waals surface area (Å²) in [6.45, 7) is 10.7. The van der Waals surface area contributed by atoms with Gasteiger partial charge in [0.2, 0.25) is 0 Å². The Labute approximate surface area is 230 Å². The first-order valence-electron chi connectivity index (χ1n) is 15.7. The summed E-state index contributed by atoms with van der Waals surface area (Å²) in [4.78, 5) is 20.1. The number of carbonyl (C=O) groups excluding carboxylic acids is 1. The van der Waals surface area contributed by atoms with Crippen LogP contribution in [0.15, 0.2) is 42.4 Å². The van der Waals surface area contributed by atoms with Crippen LogP contribution in [0.3, 0.4) is 0 Å². The summed E-state index contributed by atoms with van der Waals surface area (Å²) < 4.78 is 6.02. The molecule has 1 saturated heterocycles. The number of allylic oxidation sites excluding steroid dienone is 3. The van der Waals surface area contributed by atoms with Crippen molar-refractivity contribution in [3.05, 3.63) is 48.0 Å². The maximum atomic E-state index is 13.1. The van der Waals surface area contributed by atoms with Gasteiger partial charge in [0.1, 0.15) is 0 Å². The second kappa shape index (κ2) is 10.6. The molecule has 5 atom stereocenters. The molecule has 2 heterocycles. The van der Waals surface area contributed by atoms with Gasteiger partial charge in [-0.3, -0.25) is 9.78 Å². The third-order valence-electron chi connectivity index (χ3n) is 11.5. The van der Waals surface area contributed by atoms with Crippen LogP contribution in [0.25, 0.3) is 5.57 Å². The normalized spacial score (nSPS) is 37.0. The summed E-state index contributed by atoms with van der Waals surface area (Å²) in [5, 5.41) is 0. The van der Waals surface area contributed by atoms with Gasteiger partial charge in [-0.25, -0.2) is 0 Å². The number of nitrogens with zero attached hydrogens (tertiary/aromatic N) is 2. The van der Waals surface area contributed by atoms with Crippen molar-refractivity contribution >= 4 is 11.5 Å². The summed E-state index contributed by atoms with van der Waals surface area (Å²) in [5.41, 5.74) is 4.63. The lowest BCUT2D eigenvalue weighted by Crippen LogP contribution is -2.49. The van der Waals surface area contributed by atoms with E-state index in [9.17, 15) is 4.79 Å². The Morgan fingerprint density at radius 3 is 2.66 bits per heavy atom. The molecule has 4 nitrogen and oxygen atoms in total. The van der Waals surface area contributed by atoms with Gasteiger partial charge in [-0.15, -0.1) is 0 Å². The number of pyridine rings is 1. The van der Waals surface area contributed by atoms with Crippen LogP contribution in [-0.4, -0.2) is 35.5 Å². The van der Waals surface area contributed by atoms with Gasteiger partial charge in [0.25, 0.3) is 0 Å². The molecule has 4 unspecified atom stereocenters. The van der Waals surface area contributed by atoms with Gasteiger partial charge >= 0.3 is 5.97 Å². The molecule has 38 heavy (non-hydrogen) atoms. The van der Waals surface area contributed by atoms with Crippen LogP contribution >= 0.6 is 0 Å². The van der Waals surface area contributed by atoms with E-state index < -0.39 is 0 Å². The molecule has 0 spiro atoms. The van der Waals surface area contributed by atoms with E-state index in [1.165, 1.54) is 74.6 Å². The van der Waals surface area contributed by atoms with Crippen molar-refractivity contribution in [1.29, 1.82) is 0 Å². The zero-order chi connectivity index (χ0) is 26.3. The van der Waals surface area contributed by atoms with Crippen molar-refractivity contribution in [1.82, 2.24) is 9.88 Å². The fourth-order valence-corrected chi connectivity index (χ4v) is 9.17. The molecule has 1 aromatic heterocycles. The standard InChI is InChI=1S/C34H48N2O2/c1-4-16-33(2)27(23-38-32(37)25-14-19-36(20-15-25)22-24-7-8-24)9-10-28-30-12-11-29(26-6-5-18-35-21-26)34(30,3)17-13-31(28)33/h5-6,11,18,21,23-25,28,30-31H,4,7-10,12-17,19-20,22H2,1-3H3/b27-23-/t28?,30?,31-,33?,34?/m0/s1. The minimum absolute atomic E-state index is 0.0156. The van der Waals surface area contributed by atoms with Crippen molar-refractivity contribution in [2.24, 2.45) is 40.4 Å². The highest BCUT2D eigenvalue weighted by Gasteiger charge is 2.56. The first kappa shape index (κ1) is 26.3. The van der Waals surface area contributed by atoms with Crippen molar-refractivity contribution in [3.63, 3.8) is 0 Å². The second-order valence-corrected chi connectivity index (χ2v) is 13.7. The van der Waals surface area contributed by atoms with E-state index in [4.69, 9.17) is 4.74 Å². The SMILES string of the molecule is CCCC1(C)/C(=C\OC(=O)C2CCN(CC3CC3)CC2)CCC2C3CC=C(c4cccnc4)C3(C)CC[C@@H]21. The monoisotopic (exact) mass is 516 g/mol. The predicted octanol–water partition coefficient (Wildman–Crippen LogP) is 7.67. The highest BCUT2D eigenvalue weighted by molar-refractivity contribution is 5.73. The zero-order valence-electron chi connectivity index (χ0n) is 24.0. The van der Waals surface area contributed by atoms with Gasteiger partial charge in [-0.2, -0.15) is 0 Å². The largest absolute Gasteiger partial charge is 0.434 e. The van der Waals surface area contributed by atoms with Crippen LogP contribution < -0.4 is 0 Å². The van der Waals surface area contributed by atoms with Crippen LogP contribution in [0.5, 0.6) is 0 Å². The van der Waals surface area contributed by atoms with Gasteiger partial charge in [0.05, 0.1) is 12.2 Å². The van der Waals surface area contributed by atoms with Gasteiger partial charge in [0, 0.05) is 18.9 Å². The van der Waals surface area contributed by atoms with E-state index in [1.54, 1.807) is 0 Å². The summed E-state index contributed by atoms with van der Waals surface area (Å²) in [6.07, 6.45) is 21.5. The number of hydrogen-bond donors (Lipinski definition) is 0. The van der Waals surface area contributed by atoms with E-state index in [0.717, 1.165) is 44.2 Å². The Bertz CT molecular complexity index is 1070. The van der Waals surface area contributed by atoms with Gasteiger partial charge in [-0.1, -0.05) is 39.3 Å². The van der Waals surface area contributed by atoms with E-state index >= 15 is 0 Å². The number of ether oxygens (including phenoxy) is 1. The number of rotatable bonds is 7. The Hall–Kier alpha value is -1.94. The zero-order valence-corrected chi connectivity index (χ0v) is 24.0. The van der Waals surface area contributed by atoms with E-state index in [-0.39, 0.29) is 22.7 Å². The lowest BCUT2D eigenvalue weighted by molar-refractivity contribution is -0.144. The van der Waals surface area contributed by atoms with Crippen molar-refractivity contribution in [3.8, 4) is 0 Å². The highest BCUT2D eigenvalue weighted by Crippen LogP contribution is 2.66. The molecule has 0 aromatic carbocycles. The first-order chi connectivity index (χ1) is 18.4. The topological polar surface area (TPSA) is 42.4 Å². The number of aromatic nitrogens is 1. The van der Waals surface area contributed by atoms with E-state index in [1.807, 2.05) is 12.5 Å². The molecule has 0 bridgehead atoms. The third-order valence-corrected chi connectivity index (χ3v) is 11.5. The van der Waals surface area contributed by atoms with Crippen molar-refractivity contribution in [2.75, 3.05) is 19.6 Å². The maximum Gasteiger partial charge on any atom is 0.313 e. The number of esters is 1. The van der Waals surface area contributed by atoms with Gasteiger partial charge < -0.3 is 9.64 Å². The molecule has 4 fully saturated rings. The number of likely N-dealkylation sites (tertiary alicyclic amines) is 1. The third kappa shape index (κ3) is 4.80. The molecule has 0 amide bonds.